The van der Waals surface area contributed by atoms with Gasteiger partial charge < -0.3 is 10.6 Å². The number of hydrogen-bond donors (Lipinski definition) is 4. The van der Waals surface area contributed by atoms with Crippen LogP contribution in [0.2, 0.25) is 0 Å². The third kappa shape index (κ3) is 5.27. The summed E-state index contributed by atoms with van der Waals surface area (Å²) < 4.78 is 64.7. The van der Waals surface area contributed by atoms with Crippen molar-refractivity contribution in [1.29, 1.82) is 0 Å². The van der Waals surface area contributed by atoms with Crippen LogP contribution in [0.5, 0.6) is 0 Å². The monoisotopic (exact) mass is 477 g/mol. The first-order valence-corrected chi connectivity index (χ1v) is 10.6. The van der Waals surface area contributed by atoms with Gasteiger partial charge in [-0.3, -0.25) is 9.23 Å². The van der Waals surface area contributed by atoms with Gasteiger partial charge >= 0.3 is 6.18 Å². The van der Waals surface area contributed by atoms with Crippen LogP contribution in [0.25, 0.3) is 10.9 Å². The maximum Gasteiger partial charge on any atom is 0.421 e. The maximum absolute atomic E-state index is 13.6. The summed E-state index contributed by atoms with van der Waals surface area (Å²) >= 11 is -2.27. The molecule has 0 aliphatic carbocycles. The summed E-state index contributed by atoms with van der Waals surface area (Å²) in [5, 5.41) is 10.7. The number of anilines is 4. The SMILES string of the molecule is Cn1ncc2ccc(Nc3ncc(C(F)(F)F)c(Nc4ccccc4CNS(=O)O)n3)cc21. The molecule has 2 heterocycles. The fourth-order valence-corrected chi connectivity index (χ4v) is 3.44. The first-order valence-electron chi connectivity index (χ1n) is 9.53. The van der Waals surface area contributed by atoms with Gasteiger partial charge in [0.05, 0.1) is 11.7 Å². The number of alkyl halides is 3. The molecule has 13 heteroatoms. The molecule has 0 saturated carbocycles. The summed E-state index contributed by atoms with van der Waals surface area (Å²) in [7, 11) is 1.78. The second-order valence-electron chi connectivity index (χ2n) is 6.97. The van der Waals surface area contributed by atoms with Crippen LogP contribution in [-0.2, 0) is 31.0 Å². The zero-order valence-electron chi connectivity index (χ0n) is 17.1. The number of nitrogens with one attached hydrogen (secondary N) is 3. The molecule has 4 aromatic rings. The summed E-state index contributed by atoms with van der Waals surface area (Å²) in [5.74, 6) is -0.502. The highest BCUT2D eigenvalue weighted by atomic mass is 32.2. The van der Waals surface area contributed by atoms with Gasteiger partial charge in [0.25, 0.3) is 0 Å². The molecule has 0 aliphatic rings. The van der Waals surface area contributed by atoms with E-state index in [4.69, 9.17) is 4.55 Å². The fourth-order valence-electron chi connectivity index (χ4n) is 3.16. The quantitative estimate of drug-likeness (QED) is 0.296. The smallest absolute Gasteiger partial charge is 0.339 e. The zero-order valence-corrected chi connectivity index (χ0v) is 17.9. The minimum Gasteiger partial charge on any atom is -0.339 e. The topological polar surface area (TPSA) is 117 Å². The van der Waals surface area contributed by atoms with Gasteiger partial charge in [0.15, 0.2) is 0 Å². The summed E-state index contributed by atoms with van der Waals surface area (Å²) in [6.45, 7) is -0.0471. The number of halogens is 3. The molecular formula is C20H18F3N7O2S. The summed E-state index contributed by atoms with van der Waals surface area (Å²) in [6, 6.07) is 11.8. The van der Waals surface area contributed by atoms with Crippen LogP contribution < -0.4 is 15.4 Å². The highest BCUT2D eigenvalue weighted by molar-refractivity contribution is 7.77. The second-order valence-corrected chi connectivity index (χ2v) is 7.76. The molecule has 0 aliphatic heterocycles. The van der Waals surface area contributed by atoms with Crippen molar-refractivity contribution in [2.45, 2.75) is 12.7 Å². The number of aryl methyl sites for hydroxylation is 1. The van der Waals surface area contributed by atoms with Crippen LogP contribution in [0, 0.1) is 0 Å². The molecule has 0 radical (unpaired) electrons. The minimum absolute atomic E-state index is 0.0425. The number of hydrogen-bond acceptors (Lipinski definition) is 6. The van der Waals surface area contributed by atoms with E-state index in [9.17, 15) is 17.4 Å². The lowest BCUT2D eigenvalue weighted by molar-refractivity contribution is -0.137. The number of para-hydroxylation sites is 1. The molecule has 0 amide bonds. The Kier molecular flexibility index (Phi) is 6.26. The van der Waals surface area contributed by atoms with Crippen LogP contribution in [0.3, 0.4) is 0 Å². The van der Waals surface area contributed by atoms with Gasteiger partial charge in [0, 0.05) is 36.6 Å². The molecule has 0 spiro atoms. The van der Waals surface area contributed by atoms with Crippen molar-refractivity contribution in [1.82, 2.24) is 24.5 Å². The van der Waals surface area contributed by atoms with Crippen molar-refractivity contribution < 1.29 is 21.9 Å². The van der Waals surface area contributed by atoms with Crippen molar-refractivity contribution in [2.24, 2.45) is 7.05 Å². The lowest BCUT2D eigenvalue weighted by Crippen LogP contribution is -2.17. The van der Waals surface area contributed by atoms with Gasteiger partial charge in [-0.05, 0) is 29.8 Å². The molecule has 4 N–H and O–H groups in total. The van der Waals surface area contributed by atoms with E-state index in [0.717, 1.165) is 10.9 Å². The van der Waals surface area contributed by atoms with Crippen molar-refractivity contribution in [3.8, 4) is 0 Å². The van der Waals surface area contributed by atoms with Gasteiger partial charge in [-0.1, -0.05) is 18.2 Å². The molecule has 0 bridgehead atoms. The Morgan fingerprint density at radius 3 is 2.67 bits per heavy atom. The number of rotatable bonds is 7. The van der Waals surface area contributed by atoms with E-state index >= 15 is 0 Å². The summed E-state index contributed by atoms with van der Waals surface area (Å²) in [6.07, 6.45) is -2.30. The predicted molar refractivity (Wildman–Crippen MR) is 118 cm³/mol. The van der Waals surface area contributed by atoms with E-state index in [1.807, 2.05) is 6.07 Å². The van der Waals surface area contributed by atoms with Gasteiger partial charge in [-0.25, -0.2) is 13.9 Å². The predicted octanol–water partition coefficient (Wildman–Crippen LogP) is 4.10. The molecule has 1 atom stereocenters. The maximum atomic E-state index is 13.6. The largest absolute Gasteiger partial charge is 0.421 e. The molecular weight excluding hydrogens is 459 g/mol. The Hall–Kier alpha value is -3.55. The molecule has 2 aromatic carbocycles. The van der Waals surface area contributed by atoms with Gasteiger partial charge in [0.2, 0.25) is 17.2 Å². The third-order valence-corrected chi connectivity index (χ3v) is 5.15. The van der Waals surface area contributed by atoms with E-state index in [0.29, 0.717) is 23.1 Å². The van der Waals surface area contributed by atoms with E-state index < -0.39 is 28.8 Å². The highest BCUT2D eigenvalue weighted by Gasteiger charge is 2.35. The molecule has 172 valence electrons. The molecule has 2 aromatic heterocycles. The first-order chi connectivity index (χ1) is 15.7. The van der Waals surface area contributed by atoms with Crippen LogP contribution in [0.1, 0.15) is 11.1 Å². The fraction of sp³-hybridized carbons (Fsp3) is 0.150. The Bertz CT molecular complexity index is 1330. The van der Waals surface area contributed by atoms with Crippen LogP contribution in [0.15, 0.2) is 54.9 Å². The van der Waals surface area contributed by atoms with E-state index in [1.165, 1.54) is 0 Å². The summed E-state index contributed by atoms with van der Waals surface area (Å²) in [4.78, 5) is 7.88. The summed E-state index contributed by atoms with van der Waals surface area (Å²) in [5.41, 5.74) is 1.12. The van der Waals surface area contributed by atoms with Crippen molar-refractivity contribution in [3.05, 3.63) is 66.0 Å². The Balaban J connectivity index is 1.67. The van der Waals surface area contributed by atoms with E-state index in [1.54, 1.807) is 54.3 Å². The Morgan fingerprint density at radius 2 is 1.91 bits per heavy atom. The van der Waals surface area contributed by atoms with Crippen molar-refractivity contribution >= 4 is 45.3 Å². The molecule has 4 rings (SSSR count). The van der Waals surface area contributed by atoms with Crippen molar-refractivity contribution in [3.63, 3.8) is 0 Å². The Labute approximate surface area is 188 Å². The standard InChI is InChI=1S/C20H18F3N7O2S/c1-30-17-8-14(7-6-13(17)9-25-30)27-19-24-11-15(20(21,22)23)18(29-19)28-16-5-3-2-4-12(16)10-26-33(31)32/h2-9,11,26H,10H2,1H3,(H,31,32)(H2,24,27,28,29). The third-order valence-electron chi connectivity index (χ3n) is 4.76. The number of nitrogens with zero attached hydrogens (tertiary/aromatic N) is 4. The number of aromatic nitrogens is 4. The number of fused-ring (bicyclic) bond motifs is 1. The first kappa shape index (κ1) is 22.6. The van der Waals surface area contributed by atoms with Crippen molar-refractivity contribution in [2.75, 3.05) is 10.6 Å². The zero-order chi connectivity index (χ0) is 23.6. The average Bonchev–Trinajstić information content (AvgIpc) is 3.12. The molecule has 9 nitrogen and oxygen atoms in total. The highest BCUT2D eigenvalue weighted by Crippen LogP contribution is 2.36. The average molecular weight is 477 g/mol. The van der Waals surface area contributed by atoms with Crippen LogP contribution >= 0.6 is 0 Å². The van der Waals surface area contributed by atoms with Gasteiger partial charge in [-0.2, -0.15) is 23.3 Å². The van der Waals surface area contributed by atoms with Gasteiger partial charge in [-0.15, -0.1) is 0 Å². The molecule has 1 unspecified atom stereocenters. The number of benzene rings is 2. The second kappa shape index (κ2) is 9.13. The van der Waals surface area contributed by atoms with E-state index in [-0.39, 0.29) is 12.5 Å². The normalized spacial score (nSPS) is 12.6. The van der Waals surface area contributed by atoms with Gasteiger partial charge in [0.1, 0.15) is 11.4 Å². The lowest BCUT2D eigenvalue weighted by atomic mass is 10.1. The minimum atomic E-state index is -4.70. The van der Waals surface area contributed by atoms with E-state index in [2.05, 4.69) is 30.4 Å². The Morgan fingerprint density at radius 1 is 1.12 bits per heavy atom. The molecule has 0 fully saturated rings. The molecule has 0 saturated heterocycles. The van der Waals surface area contributed by atoms with Crippen LogP contribution in [0.4, 0.5) is 36.3 Å². The molecule has 33 heavy (non-hydrogen) atoms. The lowest BCUT2D eigenvalue weighted by Gasteiger charge is -2.17. The van der Waals surface area contributed by atoms with Crippen LogP contribution in [-0.4, -0.2) is 28.5 Å².